The standard InChI is InChI=1S/C15H16F3NO2/c16-15(17,18)10-3-1-2-4-11(10)19-13-9-6-5-8(7-9)12(13)14(20)21/h1-4,8-9,12-13,19H,5-7H2,(H,20,21). The van der Waals surface area contributed by atoms with Crippen LogP contribution in [0, 0.1) is 17.8 Å². The van der Waals surface area contributed by atoms with E-state index in [9.17, 15) is 23.1 Å². The Bertz CT molecular complexity index is 558. The molecule has 3 nitrogen and oxygen atoms in total. The van der Waals surface area contributed by atoms with E-state index in [1.807, 2.05) is 0 Å². The monoisotopic (exact) mass is 299 g/mol. The first-order valence-electron chi connectivity index (χ1n) is 7.03. The van der Waals surface area contributed by atoms with Gasteiger partial charge in [-0.1, -0.05) is 12.1 Å². The summed E-state index contributed by atoms with van der Waals surface area (Å²) in [5.74, 6) is -1.27. The smallest absolute Gasteiger partial charge is 0.418 e. The molecule has 0 saturated heterocycles. The number of alkyl halides is 3. The van der Waals surface area contributed by atoms with Gasteiger partial charge in [0.15, 0.2) is 0 Å². The summed E-state index contributed by atoms with van der Waals surface area (Å²) in [6.07, 6.45) is -1.90. The number of nitrogens with one attached hydrogen (secondary N) is 1. The number of halogens is 3. The zero-order chi connectivity index (χ0) is 15.2. The van der Waals surface area contributed by atoms with Gasteiger partial charge in [0, 0.05) is 11.7 Å². The fourth-order valence-corrected chi connectivity index (χ4v) is 3.89. The molecule has 6 heteroatoms. The summed E-state index contributed by atoms with van der Waals surface area (Å²) < 4.78 is 39.0. The van der Waals surface area contributed by atoms with Gasteiger partial charge in [-0.3, -0.25) is 4.79 Å². The van der Waals surface area contributed by atoms with Crippen LogP contribution in [0.1, 0.15) is 24.8 Å². The Kier molecular flexibility index (Phi) is 3.34. The SMILES string of the molecule is O=C(O)C1C2CCC(C2)C1Nc1ccccc1C(F)(F)F. The van der Waals surface area contributed by atoms with Crippen LogP contribution in [0.5, 0.6) is 0 Å². The molecule has 114 valence electrons. The molecule has 2 bridgehead atoms. The summed E-state index contributed by atoms with van der Waals surface area (Å²) in [5.41, 5.74) is -0.759. The van der Waals surface area contributed by atoms with Gasteiger partial charge in [0.05, 0.1) is 11.5 Å². The largest absolute Gasteiger partial charge is 0.481 e. The molecule has 0 aliphatic heterocycles. The molecule has 0 heterocycles. The van der Waals surface area contributed by atoms with Gasteiger partial charge in [-0.25, -0.2) is 0 Å². The number of aliphatic carboxylic acids is 1. The van der Waals surface area contributed by atoms with Crippen LogP contribution in [-0.4, -0.2) is 17.1 Å². The van der Waals surface area contributed by atoms with Crippen molar-refractivity contribution in [3.8, 4) is 0 Å². The van der Waals surface area contributed by atoms with Gasteiger partial charge < -0.3 is 10.4 Å². The average Bonchev–Trinajstić information content (AvgIpc) is 2.98. The summed E-state index contributed by atoms with van der Waals surface area (Å²) in [6, 6.07) is 4.84. The Morgan fingerprint density at radius 2 is 1.86 bits per heavy atom. The van der Waals surface area contributed by atoms with E-state index in [1.54, 1.807) is 0 Å². The number of carboxylic acids is 1. The normalized spacial score (nSPS) is 31.4. The van der Waals surface area contributed by atoms with Crippen molar-refractivity contribution in [3.63, 3.8) is 0 Å². The molecule has 4 atom stereocenters. The Balaban J connectivity index is 1.89. The Morgan fingerprint density at radius 3 is 2.52 bits per heavy atom. The third-order valence-corrected chi connectivity index (χ3v) is 4.76. The lowest BCUT2D eigenvalue weighted by Crippen LogP contribution is -2.39. The highest BCUT2D eigenvalue weighted by Crippen LogP contribution is 2.50. The van der Waals surface area contributed by atoms with Crippen molar-refractivity contribution in [1.29, 1.82) is 0 Å². The molecular weight excluding hydrogens is 283 g/mol. The number of benzene rings is 1. The number of rotatable bonds is 3. The first kappa shape index (κ1) is 14.2. The number of carboxylic acid groups (broad SMARTS) is 1. The summed E-state index contributed by atoms with van der Waals surface area (Å²) in [5, 5.41) is 12.2. The molecule has 0 spiro atoms. The molecule has 2 aliphatic rings. The number of para-hydroxylation sites is 1. The molecule has 2 N–H and O–H groups in total. The number of fused-ring (bicyclic) bond motifs is 2. The van der Waals surface area contributed by atoms with E-state index in [0.29, 0.717) is 0 Å². The van der Waals surface area contributed by atoms with Crippen molar-refractivity contribution in [2.24, 2.45) is 17.8 Å². The zero-order valence-corrected chi connectivity index (χ0v) is 11.2. The predicted octanol–water partition coefficient (Wildman–Crippen LogP) is 3.62. The van der Waals surface area contributed by atoms with Gasteiger partial charge in [0.25, 0.3) is 0 Å². The van der Waals surface area contributed by atoms with E-state index >= 15 is 0 Å². The van der Waals surface area contributed by atoms with E-state index in [1.165, 1.54) is 18.2 Å². The predicted molar refractivity (Wildman–Crippen MR) is 70.8 cm³/mol. The molecule has 2 saturated carbocycles. The first-order valence-corrected chi connectivity index (χ1v) is 7.03. The molecule has 21 heavy (non-hydrogen) atoms. The quantitative estimate of drug-likeness (QED) is 0.896. The maximum atomic E-state index is 13.0. The topological polar surface area (TPSA) is 49.3 Å². The van der Waals surface area contributed by atoms with Gasteiger partial charge in [0.1, 0.15) is 0 Å². The number of carbonyl (C=O) groups is 1. The highest BCUT2D eigenvalue weighted by molar-refractivity contribution is 5.73. The van der Waals surface area contributed by atoms with Crippen LogP contribution in [0.2, 0.25) is 0 Å². The second-order valence-electron chi connectivity index (χ2n) is 5.91. The van der Waals surface area contributed by atoms with Crippen LogP contribution in [0.15, 0.2) is 24.3 Å². The van der Waals surface area contributed by atoms with Gasteiger partial charge in [0.2, 0.25) is 0 Å². The molecule has 1 aromatic rings. The Hall–Kier alpha value is -1.72. The fourth-order valence-electron chi connectivity index (χ4n) is 3.89. The molecular formula is C15H16F3NO2. The highest BCUT2D eigenvalue weighted by Gasteiger charge is 2.51. The lowest BCUT2D eigenvalue weighted by molar-refractivity contribution is -0.143. The number of hydrogen-bond acceptors (Lipinski definition) is 2. The van der Waals surface area contributed by atoms with E-state index < -0.39 is 29.7 Å². The lowest BCUT2D eigenvalue weighted by Gasteiger charge is -2.30. The molecule has 2 fully saturated rings. The maximum Gasteiger partial charge on any atom is 0.418 e. The molecule has 0 amide bonds. The minimum absolute atomic E-state index is 0.0196. The van der Waals surface area contributed by atoms with Crippen molar-refractivity contribution < 1.29 is 23.1 Å². The van der Waals surface area contributed by atoms with Gasteiger partial charge in [-0.15, -0.1) is 0 Å². The summed E-state index contributed by atoms with van der Waals surface area (Å²) in [6.45, 7) is 0. The summed E-state index contributed by atoms with van der Waals surface area (Å²) >= 11 is 0. The molecule has 3 rings (SSSR count). The summed E-state index contributed by atoms with van der Waals surface area (Å²) in [4.78, 5) is 11.4. The summed E-state index contributed by atoms with van der Waals surface area (Å²) in [7, 11) is 0. The minimum Gasteiger partial charge on any atom is -0.481 e. The lowest BCUT2D eigenvalue weighted by atomic mass is 9.84. The van der Waals surface area contributed by atoms with Crippen molar-refractivity contribution in [2.75, 3.05) is 5.32 Å². The van der Waals surface area contributed by atoms with Gasteiger partial charge in [-0.05, 0) is 43.2 Å². The Labute approximate surface area is 120 Å². The van der Waals surface area contributed by atoms with Crippen LogP contribution in [0.4, 0.5) is 18.9 Å². The second kappa shape index (κ2) is 4.93. The van der Waals surface area contributed by atoms with Gasteiger partial charge >= 0.3 is 12.1 Å². The van der Waals surface area contributed by atoms with E-state index in [2.05, 4.69) is 5.32 Å². The number of hydrogen-bond donors (Lipinski definition) is 2. The second-order valence-corrected chi connectivity index (χ2v) is 5.91. The van der Waals surface area contributed by atoms with Gasteiger partial charge in [-0.2, -0.15) is 13.2 Å². The van der Waals surface area contributed by atoms with Crippen LogP contribution in [0.3, 0.4) is 0 Å². The first-order chi connectivity index (χ1) is 9.88. The van der Waals surface area contributed by atoms with Crippen LogP contribution < -0.4 is 5.32 Å². The van der Waals surface area contributed by atoms with Crippen LogP contribution >= 0.6 is 0 Å². The molecule has 0 aromatic heterocycles. The van der Waals surface area contributed by atoms with Crippen LogP contribution in [0.25, 0.3) is 0 Å². The van der Waals surface area contributed by atoms with Crippen molar-refractivity contribution in [2.45, 2.75) is 31.5 Å². The fraction of sp³-hybridized carbons (Fsp3) is 0.533. The van der Waals surface area contributed by atoms with Crippen molar-refractivity contribution in [3.05, 3.63) is 29.8 Å². The van der Waals surface area contributed by atoms with Crippen molar-refractivity contribution >= 4 is 11.7 Å². The third kappa shape index (κ3) is 2.47. The molecule has 0 radical (unpaired) electrons. The third-order valence-electron chi connectivity index (χ3n) is 4.76. The Morgan fingerprint density at radius 1 is 1.19 bits per heavy atom. The van der Waals surface area contributed by atoms with E-state index in [4.69, 9.17) is 0 Å². The van der Waals surface area contributed by atoms with Crippen LogP contribution in [-0.2, 0) is 11.0 Å². The average molecular weight is 299 g/mol. The zero-order valence-electron chi connectivity index (χ0n) is 11.2. The molecule has 4 unspecified atom stereocenters. The number of anilines is 1. The van der Waals surface area contributed by atoms with E-state index in [0.717, 1.165) is 25.3 Å². The van der Waals surface area contributed by atoms with E-state index in [-0.39, 0.29) is 17.5 Å². The molecule has 1 aromatic carbocycles. The molecule has 2 aliphatic carbocycles. The minimum atomic E-state index is -4.44. The highest BCUT2D eigenvalue weighted by atomic mass is 19.4. The maximum absolute atomic E-state index is 13.0. The van der Waals surface area contributed by atoms with Crippen molar-refractivity contribution in [1.82, 2.24) is 0 Å².